The summed E-state index contributed by atoms with van der Waals surface area (Å²) in [6.45, 7) is 4.34. The van der Waals surface area contributed by atoms with E-state index < -0.39 is 0 Å². The van der Waals surface area contributed by atoms with Gasteiger partial charge in [0.05, 0.1) is 7.11 Å². The Kier molecular flexibility index (Phi) is 6.31. The van der Waals surface area contributed by atoms with Crippen molar-refractivity contribution in [3.8, 4) is 5.75 Å². The molecule has 2 aromatic rings. The molecule has 0 saturated heterocycles. The first kappa shape index (κ1) is 17.9. The molecule has 7 heteroatoms. The van der Waals surface area contributed by atoms with Gasteiger partial charge < -0.3 is 15.4 Å². The number of nitrogens with one attached hydrogen (secondary N) is 2. The first-order valence-electron chi connectivity index (χ1n) is 7.64. The summed E-state index contributed by atoms with van der Waals surface area (Å²) in [7, 11) is 1.61. The Morgan fingerprint density at radius 2 is 1.96 bits per heavy atom. The van der Waals surface area contributed by atoms with Crippen LogP contribution >= 0.6 is 11.3 Å². The first-order chi connectivity index (χ1) is 11.5. The molecule has 2 rings (SSSR count). The van der Waals surface area contributed by atoms with Crippen LogP contribution < -0.4 is 15.4 Å². The molecule has 2 amide bonds. The Bertz CT molecular complexity index is 695. The lowest BCUT2D eigenvalue weighted by atomic mass is 10.1. The monoisotopic (exact) mass is 347 g/mol. The molecule has 0 bridgehead atoms. The van der Waals surface area contributed by atoms with Gasteiger partial charge in [-0.2, -0.15) is 0 Å². The van der Waals surface area contributed by atoms with Gasteiger partial charge >= 0.3 is 0 Å². The van der Waals surface area contributed by atoms with Crippen molar-refractivity contribution in [3.63, 3.8) is 0 Å². The molecule has 1 aromatic carbocycles. The molecule has 0 atom stereocenters. The van der Waals surface area contributed by atoms with Crippen molar-refractivity contribution in [2.24, 2.45) is 5.92 Å². The molecule has 2 N–H and O–H groups in total. The number of carbonyl (C=O) groups excluding carboxylic acids is 2. The third-order valence-electron chi connectivity index (χ3n) is 3.19. The molecular formula is C17H21N3O3S. The van der Waals surface area contributed by atoms with Crippen LogP contribution in [0.1, 0.15) is 36.3 Å². The highest BCUT2D eigenvalue weighted by Crippen LogP contribution is 2.17. The van der Waals surface area contributed by atoms with E-state index in [1.165, 1.54) is 11.3 Å². The predicted molar refractivity (Wildman–Crippen MR) is 94.4 cm³/mol. The van der Waals surface area contributed by atoms with Gasteiger partial charge in [0.2, 0.25) is 5.91 Å². The fraction of sp³-hybridized carbons (Fsp3) is 0.353. The van der Waals surface area contributed by atoms with Crippen molar-refractivity contribution in [2.45, 2.75) is 26.8 Å². The number of rotatable bonds is 7. The van der Waals surface area contributed by atoms with Crippen molar-refractivity contribution < 1.29 is 14.3 Å². The van der Waals surface area contributed by atoms with E-state index in [0.29, 0.717) is 23.8 Å². The maximum absolute atomic E-state index is 12.1. The zero-order valence-corrected chi connectivity index (χ0v) is 14.8. The zero-order valence-electron chi connectivity index (χ0n) is 14.0. The molecule has 24 heavy (non-hydrogen) atoms. The van der Waals surface area contributed by atoms with E-state index in [9.17, 15) is 9.59 Å². The Hall–Kier alpha value is -2.41. The number of hydrogen-bond donors (Lipinski definition) is 2. The summed E-state index contributed by atoms with van der Waals surface area (Å²) in [5, 5.41) is 7.59. The molecule has 1 heterocycles. The number of thiazole rings is 1. The van der Waals surface area contributed by atoms with Gasteiger partial charge in [-0.3, -0.25) is 9.59 Å². The second-order valence-corrected chi connectivity index (χ2v) is 6.57. The predicted octanol–water partition coefficient (Wildman–Crippen LogP) is 3.07. The van der Waals surface area contributed by atoms with E-state index in [2.05, 4.69) is 15.6 Å². The standard InChI is InChI=1S/C17H21N3O3S/c1-11(2)8-15(21)20-17-19-14(10-24-17)16(22)18-9-12-4-6-13(23-3)7-5-12/h4-7,10-11H,8-9H2,1-3H3,(H,18,22)(H,19,20,21). The van der Waals surface area contributed by atoms with Crippen molar-refractivity contribution in [3.05, 3.63) is 40.9 Å². The molecule has 0 fully saturated rings. The molecule has 0 spiro atoms. The summed E-state index contributed by atoms with van der Waals surface area (Å²) in [6, 6.07) is 7.45. The third kappa shape index (κ3) is 5.34. The van der Waals surface area contributed by atoms with Crippen LogP contribution in [0.4, 0.5) is 5.13 Å². The Morgan fingerprint density at radius 3 is 2.58 bits per heavy atom. The van der Waals surface area contributed by atoms with Gasteiger partial charge in [0.25, 0.3) is 5.91 Å². The topological polar surface area (TPSA) is 80.3 Å². The number of carbonyl (C=O) groups is 2. The SMILES string of the molecule is COc1ccc(CNC(=O)c2csc(NC(=O)CC(C)C)n2)cc1. The molecular weight excluding hydrogens is 326 g/mol. The van der Waals surface area contributed by atoms with Gasteiger partial charge in [0.15, 0.2) is 5.13 Å². The maximum Gasteiger partial charge on any atom is 0.271 e. The van der Waals surface area contributed by atoms with E-state index in [1.54, 1.807) is 12.5 Å². The van der Waals surface area contributed by atoms with Gasteiger partial charge in [-0.1, -0.05) is 26.0 Å². The number of aromatic nitrogens is 1. The van der Waals surface area contributed by atoms with Crippen LogP contribution in [0.25, 0.3) is 0 Å². The second kappa shape index (κ2) is 8.44. The first-order valence-corrected chi connectivity index (χ1v) is 8.52. The molecule has 0 saturated carbocycles. The second-order valence-electron chi connectivity index (χ2n) is 5.71. The van der Waals surface area contributed by atoms with Crippen molar-refractivity contribution in [1.82, 2.24) is 10.3 Å². The van der Waals surface area contributed by atoms with E-state index >= 15 is 0 Å². The number of nitrogens with zero attached hydrogens (tertiary/aromatic N) is 1. The van der Waals surface area contributed by atoms with E-state index in [1.807, 2.05) is 38.1 Å². The number of hydrogen-bond acceptors (Lipinski definition) is 5. The summed E-state index contributed by atoms with van der Waals surface area (Å²) in [5.41, 5.74) is 1.26. The molecule has 128 valence electrons. The van der Waals surface area contributed by atoms with E-state index in [0.717, 1.165) is 11.3 Å². The molecule has 0 aliphatic heterocycles. The minimum absolute atomic E-state index is 0.0930. The lowest BCUT2D eigenvalue weighted by molar-refractivity contribution is -0.116. The average molecular weight is 347 g/mol. The van der Waals surface area contributed by atoms with Crippen LogP contribution in [-0.4, -0.2) is 23.9 Å². The number of methoxy groups -OCH3 is 1. The summed E-state index contributed by atoms with van der Waals surface area (Å²) in [5.74, 6) is 0.680. The van der Waals surface area contributed by atoms with Crippen LogP contribution in [0, 0.1) is 5.92 Å². The maximum atomic E-state index is 12.1. The molecule has 0 radical (unpaired) electrons. The molecule has 1 aromatic heterocycles. The zero-order chi connectivity index (χ0) is 17.5. The minimum atomic E-state index is -0.272. The molecule has 0 aliphatic carbocycles. The van der Waals surface area contributed by atoms with Crippen LogP contribution in [0.15, 0.2) is 29.6 Å². The van der Waals surface area contributed by atoms with Crippen LogP contribution in [0.5, 0.6) is 5.75 Å². The normalized spacial score (nSPS) is 10.5. The number of ether oxygens (including phenoxy) is 1. The Labute approximate surface area is 145 Å². The molecule has 0 aliphatic rings. The van der Waals surface area contributed by atoms with Crippen LogP contribution in [-0.2, 0) is 11.3 Å². The minimum Gasteiger partial charge on any atom is -0.497 e. The van der Waals surface area contributed by atoms with Gasteiger partial charge in [-0.15, -0.1) is 11.3 Å². The van der Waals surface area contributed by atoms with Gasteiger partial charge in [0.1, 0.15) is 11.4 Å². The Balaban J connectivity index is 1.87. The lowest BCUT2D eigenvalue weighted by Gasteiger charge is -2.05. The quantitative estimate of drug-likeness (QED) is 0.807. The lowest BCUT2D eigenvalue weighted by Crippen LogP contribution is -2.23. The van der Waals surface area contributed by atoms with Crippen molar-refractivity contribution in [2.75, 3.05) is 12.4 Å². The molecule has 6 nitrogen and oxygen atoms in total. The van der Waals surface area contributed by atoms with Gasteiger partial charge in [0, 0.05) is 18.3 Å². The van der Waals surface area contributed by atoms with Gasteiger partial charge in [-0.25, -0.2) is 4.98 Å². The van der Waals surface area contributed by atoms with Crippen LogP contribution in [0.3, 0.4) is 0 Å². The Morgan fingerprint density at radius 1 is 1.25 bits per heavy atom. The number of amides is 2. The fourth-order valence-electron chi connectivity index (χ4n) is 1.99. The van der Waals surface area contributed by atoms with Crippen molar-refractivity contribution >= 4 is 28.3 Å². The average Bonchev–Trinajstić information content (AvgIpc) is 3.00. The largest absolute Gasteiger partial charge is 0.497 e. The summed E-state index contributed by atoms with van der Waals surface area (Å²) in [4.78, 5) is 28.0. The highest BCUT2D eigenvalue weighted by atomic mass is 32.1. The van der Waals surface area contributed by atoms with Crippen LogP contribution in [0.2, 0.25) is 0 Å². The number of anilines is 1. The highest BCUT2D eigenvalue weighted by molar-refractivity contribution is 7.14. The smallest absolute Gasteiger partial charge is 0.271 e. The van der Waals surface area contributed by atoms with Crippen molar-refractivity contribution in [1.29, 1.82) is 0 Å². The molecule has 0 unspecified atom stereocenters. The summed E-state index contributed by atoms with van der Waals surface area (Å²) >= 11 is 1.24. The summed E-state index contributed by atoms with van der Waals surface area (Å²) < 4.78 is 5.09. The summed E-state index contributed by atoms with van der Waals surface area (Å²) in [6.07, 6.45) is 0.429. The van der Waals surface area contributed by atoms with E-state index in [-0.39, 0.29) is 17.7 Å². The fourth-order valence-corrected chi connectivity index (χ4v) is 2.70. The highest BCUT2D eigenvalue weighted by Gasteiger charge is 2.13. The van der Waals surface area contributed by atoms with E-state index in [4.69, 9.17) is 4.74 Å². The number of benzene rings is 1. The third-order valence-corrected chi connectivity index (χ3v) is 3.95. The van der Waals surface area contributed by atoms with Gasteiger partial charge in [-0.05, 0) is 23.6 Å².